The molecular formula is C15H16N2O3. The van der Waals surface area contributed by atoms with Gasteiger partial charge in [-0.25, -0.2) is 4.68 Å². The van der Waals surface area contributed by atoms with Crippen molar-refractivity contribution in [2.24, 2.45) is 0 Å². The summed E-state index contributed by atoms with van der Waals surface area (Å²) in [6, 6.07) is 8.83. The lowest BCUT2D eigenvalue weighted by molar-refractivity contribution is 0.112. The molecule has 0 fully saturated rings. The molecule has 0 aliphatic heterocycles. The highest BCUT2D eigenvalue weighted by Gasteiger charge is 2.09. The van der Waals surface area contributed by atoms with Gasteiger partial charge >= 0.3 is 0 Å². The Hall–Kier alpha value is -2.43. The smallest absolute Gasteiger partial charge is 0.277 e. The summed E-state index contributed by atoms with van der Waals surface area (Å²) < 4.78 is 6.44. The number of ether oxygens (including phenoxy) is 1. The highest BCUT2D eigenvalue weighted by Crippen LogP contribution is 2.20. The van der Waals surface area contributed by atoms with Gasteiger partial charge in [0.25, 0.3) is 5.56 Å². The molecule has 0 N–H and O–H groups in total. The first-order valence-corrected chi connectivity index (χ1v) is 6.41. The summed E-state index contributed by atoms with van der Waals surface area (Å²) in [4.78, 5) is 22.9. The lowest BCUT2D eigenvalue weighted by Crippen LogP contribution is -2.26. The third-order valence-electron chi connectivity index (χ3n) is 2.95. The van der Waals surface area contributed by atoms with Crippen LogP contribution in [0.25, 0.3) is 11.3 Å². The Labute approximate surface area is 116 Å². The molecule has 1 heterocycles. The first-order chi connectivity index (χ1) is 9.69. The van der Waals surface area contributed by atoms with Crippen LogP contribution in [-0.4, -0.2) is 23.2 Å². The van der Waals surface area contributed by atoms with Crippen molar-refractivity contribution in [1.29, 1.82) is 0 Å². The Balaban J connectivity index is 2.52. The van der Waals surface area contributed by atoms with Crippen LogP contribution in [0.2, 0.25) is 0 Å². The van der Waals surface area contributed by atoms with Gasteiger partial charge in [0, 0.05) is 12.1 Å². The van der Waals surface area contributed by atoms with Gasteiger partial charge in [0.05, 0.1) is 18.4 Å². The van der Waals surface area contributed by atoms with Gasteiger partial charge in [0.1, 0.15) is 5.75 Å². The monoisotopic (exact) mass is 272 g/mol. The third-order valence-corrected chi connectivity index (χ3v) is 2.95. The SMILES string of the molecule is CCCn1nc(-c2ccc(OC)cc2)cc(C=O)c1=O. The minimum absolute atomic E-state index is 0.124. The Morgan fingerprint density at radius 2 is 2.00 bits per heavy atom. The number of aldehydes is 1. The average Bonchev–Trinajstić information content (AvgIpc) is 2.49. The normalized spacial score (nSPS) is 10.3. The van der Waals surface area contributed by atoms with E-state index in [0.717, 1.165) is 17.7 Å². The molecule has 0 saturated heterocycles. The molecule has 20 heavy (non-hydrogen) atoms. The van der Waals surface area contributed by atoms with Crippen LogP contribution in [0.3, 0.4) is 0 Å². The van der Waals surface area contributed by atoms with E-state index < -0.39 is 0 Å². The Bertz CT molecular complexity index is 660. The Morgan fingerprint density at radius 3 is 2.55 bits per heavy atom. The molecule has 0 aliphatic carbocycles. The zero-order valence-corrected chi connectivity index (χ0v) is 11.5. The van der Waals surface area contributed by atoms with Gasteiger partial charge in [-0.2, -0.15) is 5.10 Å². The van der Waals surface area contributed by atoms with Gasteiger partial charge in [0.2, 0.25) is 0 Å². The standard InChI is InChI=1S/C15H16N2O3/c1-3-8-17-15(19)12(10-18)9-14(16-17)11-4-6-13(20-2)7-5-11/h4-7,9-10H,3,8H2,1-2H3. The minimum atomic E-state index is -0.348. The molecule has 0 aliphatic rings. The average molecular weight is 272 g/mol. The summed E-state index contributed by atoms with van der Waals surface area (Å²) in [5.41, 5.74) is 1.21. The van der Waals surface area contributed by atoms with Crippen LogP contribution >= 0.6 is 0 Å². The molecule has 2 rings (SSSR count). The van der Waals surface area contributed by atoms with E-state index in [-0.39, 0.29) is 11.1 Å². The second-order valence-corrected chi connectivity index (χ2v) is 4.36. The van der Waals surface area contributed by atoms with Crippen LogP contribution in [0.15, 0.2) is 35.1 Å². The predicted molar refractivity (Wildman–Crippen MR) is 76.2 cm³/mol. The van der Waals surface area contributed by atoms with E-state index in [1.54, 1.807) is 7.11 Å². The van der Waals surface area contributed by atoms with Crippen molar-refractivity contribution >= 4 is 6.29 Å². The van der Waals surface area contributed by atoms with Crippen LogP contribution in [0.5, 0.6) is 5.75 Å². The fourth-order valence-corrected chi connectivity index (χ4v) is 1.91. The number of benzene rings is 1. The molecule has 5 heteroatoms. The predicted octanol–water partition coefficient (Wildman–Crippen LogP) is 2.14. The number of nitrogens with zero attached hydrogens (tertiary/aromatic N) is 2. The second-order valence-electron chi connectivity index (χ2n) is 4.36. The minimum Gasteiger partial charge on any atom is -0.497 e. The third kappa shape index (κ3) is 2.77. The van der Waals surface area contributed by atoms with Crippen LogP contribution in [-0.2, 0) is 6.54 Å². The van der Waals surface area contributed by atoms with Gasteiger partial charge in [-0.1, -0.05) is 6.92 Å². The first-order valence-electron chi connectivity index (χ1n) is 6.41. The van der Waals surface area contributed by atoms with Crippen LogP contribution in [0.4, 0.5) is 0 Å². The topological polar surface area (TPSA) is 61.2 Å². The number of methoxy groups -OCH3 is 1. The van der Waals surface area contributed by atoms with Gasteiger partial charge in [-0.15, -0.1) is 0 Å². The maximum Gasteiger partial charge on any atom is 0.277 e. The zero-order valence-electron chi connectivity index (χ0n) is 11.5. The number of carbonyl (C=O) groups is 1. The van der Waals surface area contributed by atoms with Crippen molar-refractivity contribution in [2.75, 3.05) is 7.11 Å². The molecule has 0 atom stereocenters. The van der Waals surface area contributed by atoms with E-state index in [1.165, 1.54) is 10.7 Å². The van der Waals surface area contributed by atoms with Gasteiger partial charge < -0.3 is 4.74 Å². The highest BCUT2D eigenvalue weighted by molar-refractivity contribution is 5.76. The van der Waals surface area contributed by atoms with E-state index in [2.05, 4.69) is 5.10 Å². The maximum absolute atomic E-state index is 11.9. The Morgan fingerprint density at radius 1 is 1.30 bits per heavy atom. The van der Waals surface area contributed by atoms with E-state index in [0.29, 0.717) is 18.5 Å². The summed E-state index contributed by atoms with van der Waals surface area (Å²) in [7, 11) is 1.60. The molecule has 0 radical (unpaired) electrons. The summed E-state index contributed by atoms with van der Waals surface area (Å²) in [5, 5.41) is 4.30. The Kier molecular flexibility index (Phi) is 4.30. The molecule has 1 aromatic carbocycles. The largest absolute Gasteiger partial charge is 0.497 e. The molecule has 0 amide bonds. The van der Waals surface area contributed by atoms with E-state index in [9.17, 15) is 9.59 Å². The molecule has 0 bridgehead atoms. The molecule has 2 aromatic rings. The number of aryl methyl sites for hydroxylation is 1. The summed E-state index contributed by atoms with van der Waals surface area (Å²) in [5.74, 6) is 0.742. The van der Waals surface area contributed by atoms with Crippen molar-refractivity contribution in [3.05, 3.63) is 46.2 Å². The van der Waals surface area contributed by atoms with Crippen molar-refractivity contribution in [3.63, 3.8) is 0 Å². The number of carbonyl (C=O) groups excluding carboxylic acids is 1. The van der Waals surface area contributed by atoms with E-state index >= 15 is 0 Å². The second kappa shape index (κ2) is 6.14. The summed E-state index contributed by atoms with van der Waals surface area (Å²) >= 11 is 0. The van der Waals surface area contributed by atoms with Crippen molar-refractivity contribution < 1.29 is 9.53 Å². The van der Waals surface area contributed by atoms with Gasteiger partial charge in [-0.3, -0.25) is 9.59 Å². The molecule has 1 aromatic heterocycles. The molecule has 5 nitrogen and oxygen atoms in total. The number of rotatable bonds is 5. The molecule has 0 unspecified atom stereocenters. The molecule has 0 spiro atoms. The van der Waals surface area contributed by atoms with Crippen LogP contribution in [0.1, 0.15) is 23.7 Å². The number of hydrogen-bond acceptors (Lipinski definition) is 4. The van der Waals surface area contributed by atoms with Crippen molar-refractivity contribution in [2.45, 2.75) is 19.9 Å². The van der Waals surface area contributed by atoms with E-state index in [4.69, 9.17) is 4.74 Å². The van der Waals surface area contributed by atoms with Crippen molar-refractivity contribution in [3.8, 4) is 17.0 Å². The lowest BCUT2D eigenvalue weighted by Gasteiger charge is -2.08. The van der Waals surface area contributed by atoms with E-state index in [1.807, 2.05) is 31.2 Å². The molecule has 104 valence electrons. The number of aromatic nitrogens is 2. The number of hydrogen-bond donors (Lipinski definition) is 0. The fraction of sp³-hybridized carbons (Fsp3) is 0.267. The van der Waals surface area contributed by atoms with Crippen LogP contribution < -0.4 is 10.3 Å². The quantitative estimate of drug-likeness (QED) is 0.782. The van der Waals surface area contributed by atoms with Crippen molar-refractivity contribution in [1.82, 2.24) is 9.78 Å². The maximum atomic E-state index is 11.9. The summed E-state index contributed by atoms with van der Waals surface area (Å²) in [6.07, 6.45) is 1.35. The van der Waals surface area contributed by atoms with Gasteiger partial charge in [0.15, 0.2) is 6.29 Å². The molecule has 0 saturated carbocycles. The fourth-order valence-electron chi connectivity index (χ4n) is 1.91. The van der Waals surface area contributed by atoms with Gasteiger partial charge in [-0.05, 0) is 36.8 Å². The molecular weight excluding hydrogens is 256 g/mol. The highest BCUT2D eigenvalue weighted by atomic mass is 16.5. The first kappa shape index (κ1) is 14.0. The zero-order chi connectivity index (χ0) is 14.5. The van der Waals surface area contributed by atoms with Crippen LogP contribution in [0, 0.1) is 0 Å². The summed E-state index contributed by atoms with van der Waals surface area (Å²) in [6.45, 7) is 2.44. The lowest BCUT2D eigenvalue weighted by atomic mass is 10.1.